The van der Waals surface area contributed by atoms with Crippen molar-refractivity contribution in [2.45, 2.75) is 13.0 Å². The van der Waals surface area contributed by atoms with Crippen LogP contribution in [0.5, 0.6) is 0 Å². The summed E-state index contributed by atoms with van der Waals surface area (Å²) in [6, 6.07) is 15.9. The summed E-state index contributed by atoms with van der Waals surface area (Å²) in [6.45, 7) is 7.44. The molecule has 0 aromatic heterocycles. The molecule has 0 heterocycles. The maximum absolute atomic E-state index is 11.3. The van der Waals surface area contributed by atoms with Crippen LogP contribution in [0.4, 0.5) is 0 Å². The number of methoxy groups -OCH3 is 1. The van der Waals surface area contributed by atoms with E-state index in [1.807, 2.05) is 48.5 Å². The Morgan fingerprint density at radius 3 is 2.41 bits per heavy atom. The molecule has 2 aromatic carbocycles. The van der Waals surface area contributed by atoms with Crippen LogP contribution in [-0.4, -0.2) is 13.1 Å². The average Bonchev–Trinajstić information content (AvgIpc) is 2.55. The number of hydrogen-bond donors (Lipinski definition) is 0. The zero-order chi connectivity index (χ0) is 15.8. The highest BCUT2D eigenvalue weighted by Gasteiger charge is 2.07. The van der Waals surface area contributed by atoms with Crippen LogP contribution < -0.4 is 0 Å². The van der Waals surface area contributed by atoms with E-state index in [0.29, 0.717) is 6.54 Å². The lowest BCUT2D eigenvalue weighted by molar-refractivity contribution is -0.134. The van der Waals surface area contributed by atoms with Crippen LogP contribution in [0, 0.1) is 6.57 Å². The van der Waals surface area contributed by atoms with Gasteiger partial charge in [0.05, 0.1) is 7.11 Å². The van der Waals surface area contributed by atoms with Crippen LogP contribution in [0.2, 0.25) is 0 Å². The van der Waals surface area contributed by atoms with Crippen molar-refractivity contribution in [2.24, 2.45) is 0 Å². The maximum Gasteiger partial charge on any atom is 0.330 e. The smallest absolute Gasteiger partial charge is 0.330 e. The van der Waals surface area contributed by atoms with Gasteiger partial charge in [-0.3, -0.25) is 0 Å². The van der Waals surface area contributed by atoms with E-state index in [0.717, 1.165) is 28.7 Å². The fourth-order valence-corrected chi connectivity index (χ4v) is 2.26. The molecule has 2 aromatic rings. The Morgan fingerprint density at radius 1 is 1.09 bits per heavy atom. The fraction of sp³-hybridized carbons (Fsp3) is 0.158. The predicted molar refractivity (Wildman–Crippen MR) is 87.0 cm³/mol. The van der Waals surface area contributed by atoms with E-state index in [1.54, 1.807) is 6.08 Å². The molecule has 3 nitrogen and oxygen atoms in total. The molecule has 0 saturated heterocycles. The number of benzene rings is 2. The molecule has 0 aliphatic heterocycles. The topological polar surface area (TPSA) is 30.7 Å². The first-order chi connectivity index (χ1) is 10.7. The zero-order valence-electron chi connectivity index (χ0n) is 12.5. The van der Waals surface area contributed by atoms with Gasteiger partial charge in [-0.25, -0.2) is 11.4 Å². The van der Waals surface area contributed by atoms with E-state index in [1.165, 1.54) is 13.2 Å². The Morgan fingerprint density at radius 2 is 1.73 bits per heavy atom. The summed E-state index contributed by atoms with van der Waals surface area (Å²) in [4.78, 5) is 14.7. The SMILES string of the molecule is [C-]#[N+]Cc1ccccc1Cc1ccccc1C=CC(=O)OC. The molecule has 110 valence electrons. The molecule has 0 unspecified atom stereocenters. The van der Waals surface area contributed by atoms with Gasteiger partial charge in [-0.2, -0.15) is 0 Å². The van der Waals surface area contributed by atoms with Crippen LogP contribution in [0.25, 0.3) is 10.9 Å². The minimum Gasteiger partial charge on any atom is -0.466 e. The summed E-state index contributed by atoms with van der Waals surface area (Å²) >= 11 is 0. The van der Waals surface area contributed by atoms with Crippen molar-refractivity contribution in [3.63, 3.8) is 0 Å². The van der Waals surface area contributed by atoms with Gasteiger partial charge in [-0.05, 0) is 29.2 Å². The lowest BCUT2D eigenvalue weighted by Gasteiger charge is -2.08. The Labute approximate surface area is 130 Å². The van der Waals surface area contributed by atoms with Gasteiger partial charge in [-0.15, -0.1) is 0 Å². The minimum absolute atomic E-state index is 0.372. The summed E-state index contributed by atoms with van der Waals surface area (Å²) < 4.78 is 4.62. The molecular weight excluding hydrogens is 274 g/mol. The maximum atomic E-state index is 11.3. The molecular formula is C19H17NO2. The molecule has 0 saturated carbocycles. The number of esters is 1. The standard InChI is InChI=1S/C19H17NO2/c1-20-14-18-10-6-5-9-17(18)13-16-8-4-3-7-15(16)11-12-19(21)22-2/h3-12H,13-14H2,2H3. The molecule has 22 heavy (non-hydrogen) atoms. The van der Waals surface area contributed by atoms with Gasteiger partial charge in [0.2, 0.25) is 6.54 Å². The molecule has 0 N–H and O–H groups in total. The largest absolute Gasteiger partial charge is 0.466 e. The van der Waals surface area contributed by atoms with Crippen molar-refractivity contribution in [1.82, 2.24) is 0 Å². The lowest BCUT2D eigenvalue weighted by atomic mass is 9.96. The second-order valence-electron chi connectivity index (χ2n) is 4.82. The van der Waals surface area contributed by atoms with Crippen molar-refractivity contribution < 1.29 is 9.53 Å². The molecule has 0 fully saturated rings. The third kappa shape index (κ3) is 4.07. The van der Waals surface area contributed by atoms with E-state index in [-0.39, 0.29) is 5.97 Å². The molecule has 0 aliphatic rings. The van der Waals surface area contributed by atoms with Crippen molar-refractivity contribution in [3.05, 3.63) is 88.3 Å². The van der Waals surface area contributed by atoms with Gasteiger partial charge in [-0.1, -0.05) is 48.5 Å². The zero-order valence-corrected chi connectivity index (χ0v) is 12.5. The number of carbonyl (C=O) groups is 1. The van der Waals surface area contributed by atoms with Gasteiger partial charge in [0.15, 0.2) is 0 Å². The molecule has 0 radical (unpaired) electrons. The minimum atomic E-state index is -0.372. The Bertz CT molecular complexity index is 726. The lowest BCUT2D eigenvalue weighted by Crippen LogP contribution is -1.97. The summed E-state index contributed by atoms with van der Waals surface area (Å²) in [7, 11) is 1.36. The van der Waals surface area contributed by atoms with Crippen LogP contribution in [0.3, 0.4) is 0 Å². The quantitative estimate of drug-likeness (QED) is 0.475. The van der Waals surface area contributed by atoms with Gasteiger partial charge >= 0.3 is 5.97 Å². The number of rotatable bonds is 5. The number of nitrogens with zero attached hydrogens (tertiary/aromatic N) is 1. The van der Waals surface area contributed by atoms with Gasteiger partial charge in [0.1, 0.15) is 0 Å². The molecule has 0 bridgehead atoms. The molecule has 2 rings (SSSR count). The summed E-state index contributed by atoms with van der Waals surface area (Å²) in [5.74, 6) is -0.372. The van der Waals surface area contributed by atoms with E-state index < -0.39 is 0 Å². The summed E-state index contributed by atoms with van der Waals surface area (Å²) in [5, 5.41) is 0. The van der Waals surface area contributed by atoms with E-state index in [9.17, 15) is 4.79 Å². The predicted octanol–water partition coefficient (Wildman–Crippen LogP) is 3.88. The van der Waals surface area contributed by atoms with E-state index in [4.69, 9.17) is 6.57 Å². The highest BCUT2D eigenvalue weighted by Crippen LogP contribution is 2.19. The highest BCUT2D eigenvalue weighted by atomic mass is 16.5. The van der Waals surface area contributed by atoms with Crippen LogP contribution >= 0.6 is 0 Å². The Hall–Kier alpha value is -2.86. The fourth-order valence-electron chi connectivity index (χ4n) is 2.26. The highest BCUT2D eigenvalue weighted by molar-refractivity contribution is 5.87. The van der Waals surface area contributed by atoms with Crippen molar-refractivity contribution >= 4 is 12.0 Å². The van der Waals surface area contributed by atoms with Gasteiger partial charge in [0, 0.05) is 11.6 Å². The van der Waals surface area contributed by atoms with Crippen molar-refractivity contribution in [2.75, 3.05) is 7.11 Å². The second kappa shape index (κ2) is 7.80. The Kier molecular flexibility index (Phi) is 5.50. The first-order valence-electron chi connectivity index (χ1n) is 6.98. The van der Waals surface area contributed by atoms with Crippen LogP contribution in [0.15, 0.2) is 54.6 Å². The van der Waals surface area contributed by atoms with Crippen LogP contribution in [-0.2, 0) is 22.5 Å². The normalized spacial score (nSPS) is 10.4. The molecule has 0 aliphatic carbocycles. The number of carbonyl (C=O) groups excluding carboxylic acids is 1. The first kappa shape index (κ1) is 15.5. The molecule has 0 spiro atoms. The average molecular weight is 291 g/mol. The summed E-state index contributed by atoms with van der Waals surface area (Å²) in [6.07, 6.45) is 3.91. The van der Waals surface area contributed by atoms with Crippen molar-refractivity contribution in [1.29, 1.82) is 0 Å². The monoisotopic (exact) mass is 291 g/mol. The van der Waals surface area contributed by atoms with E-state index >= 15 is 0 Å². The summed E-state index contributed by atoms with van der Waals surface area (Å²) in [5.41, 5.74) is 4.27. The molecule has 3 heteroatoms. The molecule has 0 atom stereocenters. The number of hydrogen-bond acceptors (Lipinski definition) is 2. The van der Waals surface area contributed by atoms with Gasteiger partial charge in [0.25, 0.3) is 0 Å². The van der Waals surface area contributed by atoms with E-state index in [2.05, 4.69) is 9.58 Å². The number of ether oxygens (including phenoxy) is 1. The third-order valence-electron chi connectivity index (χ3n) is 3.40. The molecule has 0 amide bonds. The van der Waals surface area contributed by atoms with Crippen molar-refractivity contribution in [3.8, 4) is 0 Å². The van der Waals surface area contributed by atoms with Gasteiger partial charge < -0.3 is 9.58 Å². The third-order valence-corrected chi connectivity index (χ3v) is 3.40. The second-order valence-corrected chi connectivity index (χ2v) is 4.82. The van der Waals surface area contributed by atoms with Crippen LogP contribution in [0.1, 0.15) is 22.3 Å². The first-order valence-corrected chi connectivity index (χ1v) is 6.98. The Balaban J connectivity index is 2.29.